The van der Waals surface area contributed by atoms with Gasteiger partial charge in [0.25, 0.3) is 0 Å². The first-order valence-electron chi connectivity index (χ1n) is 12.6. The summed E-state index contributed by atoms with van der Waals surface area (Å²) >= 11 is 0. The van der Waals surface area contributed by atoms with Crippen molar-refractivity contribution >= 4 is 16.9 Å². The summed E-state index contributed by atoms with van der Waals surface area (Å²) in [7, 11) is 2.09. The lowest BCUT2D eigenvalue weighted by Crippen LogP contribution is -2.46. The van der Waals surface area contributed by atoms with Gasteiger partial charge in [-0.1, -0.05) is 78.9 Å². The van der Waals surface area contributed by atoms with Crippen LogP contribution in [0.4, 0.5) is 0 Å². The van der Waals surface area contributed by atoms with Crippen LogP contribution in [0.25, 0.3) is 10.9 Å². The Balaban J connectivity index is 1.33. The molecule has 1 atom stereocenters. The van der Waals surface area contributed by atoms with E-state index in [1.54, 1.807) is 0 Å². The molecule has 0 saturated heterocycles. The smallest absolute Gasteiger partial charge is 0.321 e. The summed E-state index contributed by atoms with van der Waals surface area (Å²) < 4.78 is 0. The van der Waals surface area contributed by atoms with Gasteiger partial charge in [0.2, 0.25) is 0 Å². The first-order valence-corrected chi connectivity index (χ1v) is 12.6. The van der Waals surface area contributed by atoms with Crippen LogP contribution >= 0.6 is 0 Å². The third-order valence-electron chi connectivity index (χ3n) is 6.64. The molecule has 1 heterocycles. The van der Waals surface area contributed by atoms with E-state index >= 15 is 0 Å². The molecule has 188 valence electrons. The fraction of sp³-hybridized carbons (Fsp3) is 0.300. The van der Waals surface area contributed by atoms with Gasteiger partial charge in [-0.3, -0.25) is 4.79 Å². The molecule has 0 unspecified atom stereocenters. The van der Waals surface area contributed by atoms with Crippen molar-refractivity contribution in [1.82, 2.24) is 20.3 Å². The maximum Gasteiger partial charge on any atom is 0.321 e. The number of nitrogens with one attached hydrogen (secondary N) is 2. The van der Waals surface area contributed by atoms with E-state index in [9.17, 15) is 9.90 Å². The van der Waals surface area contributed by atoms with E-state index in [-0.39, 0.29) is 0 Å². The molecule has 3 N–H and O–H groups in total. The van der Waals surface area contributed by atoms with Crippen LogP contribution in [0.1, 0.15) is 23.1 Å². The van der Waals surface area contributed by atoms with Crippen LogP contribution in [0.3, 0.4) is 0 Å². The van der Waals surface area contributed by atoms with E-state index in [0.29, 0.717) is 13.0 Å². The fourth-order valence-corrected chi connectivity index (χ4v) is 4.58. The number of hydrogen-bond donors (Lipinski definition) is 3. The van der Waals surface area contributed by atoms with E-state index < -0.39 is 12.0 Å². The third kappa shape index (κ3) is 7.28. The van der Waals surface area contributed by atoms with Crippen LogP contribution < -0.4 is 5.32 Å². The van der Waals surface area contributed by atoms with Gasteiger partial charge in [-0.2, -0.15) is 0 Å². The average Bonchev–Trinajstić information content (AvgIpc) is 3.31. The molecule has 0 aliphatic rings. The molecule has 0 aliphatic carbocycles. The van der Waals surface area contributed by atoms with E-state index in [1.807, 2.05) is 36.5 Å². The number of nitrogens with zero attached hydrogens (tertiary/aromatic N) is 2. The third-order valence-corrected chi connectivity index (χ3v) is 6.64. The molecule has 0 saturated carbocycles. The molecule has 0 spiro atoms. The molecule has 0 aliphatic heterocycles. The Morgan fingerprint density at radius 3 is 2.31 bits per heavy atom. The molecule has 0 radical (unpaired) electrons. The number of rotatable bonds is 14. The topological polar surface area (TPSA) is 71.6 Å². The molecule has 6 nitrogen and oxygen atoms in total. The number of H-pyrrole nitrogens is 1. The maximum atomic E-state index is 12.0. The first kappa shape index (κ1) is 25.6. The van der Waals surface area contributed by atoms with Gasteiger partial charge in [0.1, 0.15) is 6.04 Å². The zero-order chi connectivity index (χ0) is 25.2. The standard InChI is InChI=1S/C30H36N4O2/c1-33(20-18-31-29(30(35)36)21-26-22-32-28-17-9-8-16-27(26)28)34(23-25-13-6-3-7-14-25)19-10-15-24-11-4-2-5-12-24/h2-9,11-14,16-17,22,29,31-32H,10,15,18-21,23H2,1H3,(H,35,36)/t29-/m0/s1. The normalized spacial score (nSPS) is 12.4. The van der Waals surface area contributed by atoms with Gasteiger partial charge in [-0.25, -0.2) is 10.0 Å². The van der Waals surface area contributed by atoms with Crippen molar-refractivity contribution in [3.05, 3.63) is 108 Å². The average molecular weight is 485 g/mol. The van der Waals surface area contributed by atoms with Crippen molar-refractivity contribution in [2.75, 3.05) is 26.7 Å². The predicted molar refractivity (Wildman–Crippen MR) is 146 cm³/mol. The number of aryl methyl sites for hydroxylation is 1. The highest BCUT2D eigenvalue weighted by Gasteiger charge is 2.20. The summed E-state index contributed by atoms with van der Waals surface area (Å²) in [6, 6.07) is 28.4. The Morgan fingerprint density at radius 1 is 0.917 bits per heavy atom. The van der Waals surface area contributed by atoms with Crippen LogP contribution in [-0.4, -0.2) is 58.8 Å². The quantitative estimate of drug-likeness (QED) is 0.226. The van der Waals surface area contributed by atoms with Crippen molar-refractivity contribution in [3.8, 4) is 0 Å². The fourth-order valence-electron chi connectivity index (χ4n) is 4.58. The highest BCUT2D eigenvalue weighted by atomic mass is 16.4. The molecule has 0 bridgehead atoms. The molecule has 1 aromatic heterocycles. The lowest BCUT2D eigenvalue weighted by atomic mass is 10.1. The second-order valence-corrected chi connectivity index (χ2v) is 9.25. The SMILES string of the molecule is CN(CCN[C@@H](Cc1c[nH]c2ccccc12)C(=O)O)N(CCCc1ccccc1)Cc1ccccc1. The van der Waals surface area contributed by atoms with E-state index in [2.05, 4.69) is 82.0 Å². The Kier molecular flexibility index (Phi) is 9.27. The first-order chi connectivity index (χ1) is 17.6. The van der Waals surface area contributed by atoms with Gasteiger partial charge >= 0.3 is 5.97 Å². The highest BCUT2D eigenvalue weighted by Crippen LogP contribution is 2.19. The largest absolute Gasteiger partial charge is 0.480 e. The van der Waals surface area contributed by atoms with Crippen LogP contribution in [0, 0.1) is 0 Å². The Bertz CT molecular complexity index is 1210. The number of aliphatic carboxylic acids is 1. The van der Waals surface area contributed by atoms with Crippen molar-refractivity contribution < 1.29 is 9.90 Å². The Morgan fingerprint density at radius 2 is 1.58 bits per heavy atom. The minimum Gasteiger partial charge on any atom is -0.480 e. The summed E-state index contributed by atoms with van der Waals surface area (Å²) in [5.74, 6) is -0.827. The van der Waals surface area contributed by atoms with Gasteiger partial charge < -0.3 is 15.4 Å². The zero-order valence-corrected chi connectivity index (χ0v) is 20.9. The molecule has 3 aromatic carbocycles. The van der Waals surface area contributed by atoms with Crippen LogP contribution in [-0.2, 0) is 24.2 Å². The van der Waals surface area contributed by atoms with Gasteiger partial charge in [0, 0.05) is 56.7 Å². The van der Waals surface area contributed by atoms with E-state index in [1.165, 1.54) is 11.1 Å². The van der Waals surface area contributed by atoms with Crippen LogP contribution in [0.15, 0.2) is 91.1 Å². The van der Waals surface area contributed by atoms with E-state index in [0.717, 1.165) is 48.9 Å². The van der Waals surface area contributed by atoms with Crippen molar-refractivity contribution in [3.63, 3.8) is 0 Å². The monoisotopic (exact) mass is 484 g/mol. The summed E-state index contributed by atoms with van der Waals surface area (Å²) in [5.41, 5.74) is 4.66. The number of benzene rings is 3. The molecule has 6 heteroatoms. The summed E-state index contributed by atoms with van der Waals surface area (Å²) in [6.07, 6.45) is 4.44. The lowest BCUT2D eigenvalue weighted by molar-refractivity contribution is -0.139. The molecule has 4 rings (SSSR count). The maximum absolute atomic E-state index is 12.0. The number of carbonyl (C=O) groups is 1. The Hall–Kier alpha value is -3.45. The minimum absolute atomic E-state index is 0.438. The number of aromatic nitrogens is 1. The zero-order valence-electron chi connectivity index (χ0n) is 20.9. The number of fused-ring (bicyclic) bond motifs is 1. The molecule has 0 fully saturated rings. The van der Waals surface area contributed by atoms with Gasteiger partial charge in [0.15, 0.2) is 0 Å². The van der Waals surface area contributed by atoms with Crippen molar-refractivity contribution in [2.24, 2.45) is 0 Å². The van der Waals surface area contributed by atoms with Crippen molar-refractivity contribution in [2.45, 2.75) is 31.8 Å². The van der Waals surface area contributed by atoms with E-state index in [4.69, 9.17) is 0 Å². The number of likely N-dealkylation sites (N-methyl/N-ethyl adjacent to an activating group) is 1. The van der Waals surface area contributed by atoms with Crippen molar-refractivity contribution in [1.29, 1.82) is 0 Å². The second kappa shape index (κ2) is 13.0. The summed E-state index contributed by atoms with van der Waals surface area (Å²) in [4.78, 5) is 15.2. The molecule has 4 aromatic rings. The number of hydrazine groups is 1. The number of carboxylic acids is 1. The van der Waals surface area contributed by atoms with Gasteiger partial charge in [0.05, 0.1) is 0 Å². The van der Waals surface area contributed by atoms with Gasteiger partial charge in [-0.15, -0.1) is 0 Å². The summed E-state index contributed by atoms with van der Waals surface area (Å²) in [5, 5.41) is 18.8. The number of aromatic amines is 1. The van der Waals surface area contributed by atoms with Crippen LogP contribution in [0.2, 0.25) is 0 Å². The van der Waals surface area contributed by atoms with Gasteiger partial charge in [-0.05, 0) is 35.6 Å². The number of hydrogen-bond acceptors (Lipinski definition) is 4. The van der Waals surface area contributed by atoms with Crippen LogP contribution in [0.5, 0.6) is 0 Å². The highest BCUT2D eigenvalue weighted by molar-refractivity contribution is 5.84. The molecule has 0 amide bonds. The Labute approximate surface area is 213 Å². The molecular weight excluding hydrogens is 448 g/mol. The molecule has 36 heavy (non-hydrogen) atoms. The molecular formula is C30H36N4O2. The lowest BCUT2D eigenvalue weighted by Gasteiger charge is -2.32. The number of carboxylic acid groups (broad SMARTS) is 1. The second-order valence-electron chi connectivity index (χ2n) is 9.25. The predicted octanol–water partition coefficient (Wildman–Crippen LogP) is 4.74. The summed E-state index contributed by atoms with van der Waals surface area (Å²) in [6.45, 7) is 3.05. The number of para-hydroxylation sites is 1. The minimum atomic E-state index is -0.827.